The quantitative estimate of drug-likeness (QED) is 0.297. The molecule has 0 aromatic heterocycles. The van der Waals surface area contributed by atoms with Crippen LogP contribution in [0.1, 0.15) is 46.1 Å². The summed E-state index contributed by atoms with van der Waals surface area (Å²) in [6.07, 6.45) is 1.12. The highest BCUT2D eigenvalue weighted by atomic mass is 32.2. The number of carbonyl (C=O) groups is 2. The smallest absolute Gasteiger partial charge is 0.264 e. The molecule has 3 rings (SSSR count). The van der Waals surface area contributed by atoms with E-state index in [4.69, 9.17) is 4.74 Å². The lowest BCUT2D eigenvalue weighted by Crippen LogP contribution is -2.53. The van der Waals surface area contributed by atoms with Gasteiger partial charge in [-0.05, 0) is 68.7 Å². The van der Waals surface area contributed by atoms with E-state index in [9.17, 15) is 18.0 Å². The van der Waals surface area contributed by atoms with Crippen LogP contribution in [0.4, 0.5) is 5.69 Å². The molecule has 3 aromatic carbocycles. The van der Waals surface area contributed by atoms with Crippen molar-refractivity contribution < 1.29 is 22.7 Å². The van der Waals surface area contributed by atoms with Crippen molar-refractivity contribution in [2.45, 2.75) is 64.1 Å². The Morgan fingerprint density at radius 3 is 2.00 bits per heavy atom. The fraction of sp³-hybridized carbons (Fsp3) is 0.355. The van der Waals surface area contributed by atoms with Gasteiger partial charge in [-0.3, -0.25) is 13.9 Å². The van der Waals surface area contributed by atoms with Crippen LogP contribution in [0.2, 0.25) is 0 Å². The van der Waals surface area contributed by atoms with E-state index in [-0.39, 0.29) is 23.4 Å². The van der Waals surface area contributed by atoms with E-state index in [1.54, 1.807) is 42.5 Å². The zero-order valence-corrected chi connectivity index (χ0v) is 24.4. The van der Waals surface area contributed by atoms with Crippen LogP contribution in [-0.2, 0) is 26.2 Å². The maximum Gasteiger partial charge on any atom is 0.264 e. The average molecular weight is 566 g/mol. The number of carbonyl (C=O) groups excluding carboxylic acids is 2. The van der Waals surface area contributed by atoms with Crippen LogP contribution in [0, 0.1) is 0 Å². The molecule has 0 heterocycles. The minimum atomic E-state index is -4.13. The molecule has 0 saturated carbocycles. The van der Waals surface area contributed by atoms with Crippen LogP contribution in [0.15, 0.2) is 89.8 Å². The highest BCUT2D eigenvalue weighted by Crippen LogP contribution is 2.26. The second kappa shape index (κ2) is 14.5. The van der Waals surface area contributed by atoms with E-state index < -0.39 is 28.5 Å². The van der Waals surface area contributed by atoms with Gasteiger partial charge < -0.3 is 15.0 Å². The number of amides is 2. The highest BCUT2D eigenvalue weighted by Gasteiger charge is 2.33. The standard InChI is InChI=1S/C31H39N3O5S/c1-5-24(4)32-31(36)29(6-2)33(22-25-14-10-8-11-15-25)30(35)23-34(26-16-12-9-13-17-26)40(37,38)28-20-18-27(19-21-28)39-7-3/h8-21,24,29H,5-7,22-23H2,1-4H3,(H,32,36)/t24-,29+/m0/s1. The summed E-state index contributed by atoms with van der Waals surface area (Å²) in [5, 5.41) is 2.98. The molecule has 8 nitrogen and oxygen atoms in total. The van der Waals surface area contributed by atoms with Gasteiger partial charge in [0.1, 0.15) is 18.3 Å². The fourth-order valence-electron chi connectivity index (χ4n) is 4.27. The van der Waals surface area contributed by atoms with Gasteiger partial charge in [-0.2, -0.15) is 0 Å². The number of sulfonamides is 1. The van der Waals surface area contributed by atoms with Crippen molar-refractivity contribution in [3.8, 4) is 5.75 Å². The second-order valence-corrected chi connectivity index (χ2v) is 11.4. The second-order valence-electron chi connectivity index (χ2n) is 9.50. The number of para-hydroxylation sites is 1. The third kappa shape index (κ3) is 7.85. The van der Waals surface area contributed by atoms with Gasteiger partial charge in [-0.1, -0.05) is 62.4 Å². The number of hydrogen-bond acceptors (Lipinski definition) is 5. The fourth-order valence-corrected chi connectivity index (χ4v) is 5.68. The zero-order valence-electron chi connectivity index (χ0n) is 23.6. The molecule has 0 bridgehead atoms. The van der Waals surface area contributed by atoms with E-state index in [0.29, 0.717) is 24.5 Å². The highest BCUT2D eigenvalue weighted by molar-refractivity contribution is 7.92. The molecule has 0 fully saturated rings. The lowest BCUT2D eigenvalue weighted by Gasteiger charge is -2.33. The molecule has 2 amide bonds. The van der Waals surface area contributed by atoms with Crippen molar-refractivity contribution >= 4 is 27.5 Å². The average Bonchev–Trinajstić information content (AvgIpc) is 2.97. The molecule has 40 heavy (non-hydrogen) atoms. The van der Waals surface area contributed by atoms with E-state index in [1.165, 1.54) is 17.0 Å². The Bertz CT molecular complexity index is 1330. The molecule has 0 aliphatic carbocycles. The maximum absolute atomic E-state index is 14.0. The summed E-state index contributed by atoms with van der Waals surface area (Å²) in [5.74, 6) is -0.189. The summed E-state index contributed by atoms with van der Waals surface area (Å²) in [7, 11) is -4.13. The van der Waals surface area contributed by atoms with Gasteiger partial charge in [0.05, 0.1) is 17.2 Å². The SMILES string of the molecule is CCOc1ccc(S(=O)(=O)N(CC(=O)N(Cc2ccccc2)[C@H](CC)C(=O)N[C@@H](C)CC)c2ccccc2)cc1. The first kappa shape index (κ1) is 30.7. The summed E-state index contributed by atoms with van der Waals surface area (Å²) >= 11 is 0. The molecule has 9 heteroatoms. The van der Waals surface area contributed by atoms with Gasteiger partial charge in [0.15, 0.2) is 0 Å². The minimum absolute atomic E-state index is 0.0313. The Balaban J connectivity index is 2.01. The lowest BCUT2D eigenvalue weighted by molar-refractivity contribution is -0.140. The van der Waals surface area contributed by atoms with Crippen LogP contribution < -0.4 is 14.4 Å². The Hall–Kier alpha value is -3.85. The van der Waals surface area contributed by atoms with Crippen molar-refractivity contribution in [3.63, 3.8) is 0 Å². The van der Waals surface area contributed by atoms with Gasteiger partial charge in [-0.25, -0.2) is 8.42 Å². The number of ether oxygens (including phenoxy) is 1. The first-order valence-corrected chi connectivity index (χ1v) is 15.1. The predicted molar refractivity (Wildman–Crippen MR) is 158 cm³/mol. The molecular formula is C31H39N3O5S. The molecule has 0 unspecified atom stereocenters. The topological polar surface area (TPSA) is 96.0 Å². The number of anilines is 1. The Kier molecular flexibility index (Phi) is 11.1. The number of rotatable bonds is 14. The third-order valence-electron chi connectivity index (χ3n) is 6.63. The van der Waals surface area contributed by atoms with Crippen LogP contribution in [0.5, 0.6) is 5.75 Å². The Morgan fingerprint density at radius 2 is 1.45 bits per heavy atom. The summed E-state index contributed by atoms with van der Waals surface area (Å²) in [5.41, 5.74) is 1.19. The molecule has 2 atom stereocenters. The summed E-state index contributed by atoms with van der Waals surface area (Å²) < 4.78 is 34.4. The van der Waals surface area contributed by atoms with Crippen LogP contribution >= 0.6 is 0 Å². The van der Waals surface area contributed by atoms with Crippen LogP contribution in [0.25, 0.3) is 0 Å². The van der Waals surface area contributed by atoms with Gasteiger partial charge in [0, 0.05) is 12.6 Å². The normalized spacial score (nSPS) is 12.7. The molecule has 214 valence electrons. The number of nitrogens with zero attached hydrogens (tertiary/aromatic N) is 2. The van der Waals surface area contributed by atoms with Gasteiger partial charge in [0.25, 0.3) is 10.0 Å². The first-order valence-electron chi connectivity index (χ1n) is 13.7. The van der Waals surface area contributed by atoms with Gasteiger partial charge >= 0.3 is 0 Å². The van der Waals surface area contributed by atoms with E-state index in [0.717, 1.165) is 16.3 Å². The molecule has 3 aromatic rings. The molecular weight excluding hydrogens is 526 g/mol. The summed E-state index contributed by atoms with van der Waals surface area (Å²) in [6, 6.07) is 23.2. The van der Waals surface area contributed by atoms with Crippen molar-refractivity contribution in [1.82, 2.24) is 10.2 Å². The largest absolute Gasteiger partial charge is 0.494 e. The molecule has 1 N–H and O–H groups in total. The molecule has 0 aliphatic rings. The van der Waals surface area contributed by atoms with E-state index >= 15 is 0 Å². The lowest BCUT2D eigenvalue weighted by atomic mass is 10.1. The van der Waals surface area contributed by atoms with Crippen molar-refractivity contribution in [3.05, 3.63) is 90.5 Å². The molecule has 0 radical (unpaired) electrons. The number of hydrogen-bond donors (Lipinski definition) is 1. The van der Waals surface area contributed by atoms with E-state index in [2.05, 4.69) is 5.32 Å². The Labute approximate surface area is 238 Å². The van der Waals surface area contributed by atoms with Crippen LogP contribution in [0.3, 0.4) is 0 Å². The van der Waals surface area contributed by atoms with Crippen LogP contribution in [-0.4, -0.2) is 50.4 Å². The zero-order chi connectivity index (χ0) is 29.1. The van der Waals surface area contributed by atoms with Crippen molar-refractivity contribution in [2.75, 3.05) is 17.5 Å². The van der Waals surface area contributed by atoms with Gasteiger partial charge in [-0.15, -0.1) is 0 Å². The summed E-state index contributed by atoms with van der Waals surface area (Å²) in [4.78, 5) is 28.8. The molecule has 0 saturated heterocycles. The predicted octanol–water partition coefficient (Wildman–Crippen LogP) is 5.00. The minimum Gasteiger partial charge on any atom is -0.494 e. The first-order chi connectivity index (χ1) is 19.2. The Morgan fingerprint density at radius 1 is 0.850 bits per heavy atom. The van der Waals surface area contributed by atoms with E-state index in [1.807, 2.05) is 58.0 Å². The van der Waals surface area contributed by atoms with Gasteiger partial charge in [0.2, 0.25) is 11.8 Å². The number of nitrogens with one attached hydrogen (secondary N) is 1. The maximum atomic E-state index is 14.0. The summed E-state index contributed by atoms with van der Waals surface area (Å²) in [6.45, 7) is 7.73. The number of benzene rings is 3. The van der Waals surface area contributed by atoms with Crippen molar-refractivity contribution in [2.24, 2.45) is 0 Å². The monoisotopic (exact) mass is 565 g/mol. The molecule has 0 aliphatic heterocycles. The molecule has 0 spiro atoms. The van der Waals surface area contributed by atoms with Crippen molar-refractivity contribution in [1.29, 1.82) is 0 Å². The third-order valence-corrected chi connectivity index (χ3v) is 8.42.